The predicted molar refractivity (Wildman–Crippen MR) is 286 cm³/mol. The Morgan fingerprint density at radius 2 is 0.809 bits per heavy atom. The van der Waals surface area contributed by atoms with Crippen molar-refractivity contribution >= 4 is 38.9 Å². The fourth-order valence-corrected chi connectivity index (χ4v) is 11.8. The van der Waals surface area contributed by atoms with Crippen molar-refractivity contribution in [1.82, 2.24) is 4.57 Å². The monoisotopic (exact) mass is 872 g/mol. The van der Waals surface area contributed by atoms with E-state index in [0.29, 0.717) is 0 Å². The van der Waals surface area contributed by atoms with Gasteiger partial charge in [0, 0.05) is 38.9 Å². The molecule has 1 aliphatic rings. The number of anilines is 3. The highest BCUT2D eigenvalue weighted by molar-refractivity contribution is 6.10. The molecule has 0 amide bonds. The van der Waals surface area contributed by atoms with Gasteiger partial charge in [-0.15, -0.1) is 0 Å². The molecule has 12 rings (SSSR count). The summed E-state index contributed by atoms with van der Waals surface area (Å²) in [5.74, 6) is 0. The topological polar surface area (TPSA) is 8.17 Å². The molecule has 2 nitrogen and oxygen atoms in total. The molecule has 0 saturated carbocycles. The number of nitrogens with zero attached hydrogens (tertiary/aromatic N) is 2. The number of benzene rings is 10. The van der Waals surface area contributed by atoms with Crippen LogP contribution in [-0.4, -0.2) is 4.57 Å². The maximum atomic E-state index is 2.57. The van der Waals surface area contributed by atoms with Crippen LogP contribution in [0, 0.1) is 0 Å². The maximum absolute atomic E-state index is 2.57. The molecule has 2 heteroatoms. The van der Waals surface area contributed by atoms with Crippen LogP contribution in [0.25, 0.3) is 49.7 Å². The third kappa shape index (κ3) is 6.47. The van der Waals surface area contributed by atoms with E-state index in [9.17, 15) is 0 Å². The summed E-state index contributed by atoms with van der Waals surface area (Å²) < 4.78 is 2.42. The van der Waals surface area contributed by atoms with Crippen LogP contribution >= 0.6 is 0 Å². The summed E-state index contributed by atoms with van der Waals surface area (Å²) >= 11 is 0. The van der Waals surface area contributed by atoms with Crippen LogP contribution in [0.5, 0.6) is 0 Å². The van der Waals surface area contributed by atoms with Crippen LogP contribution in [0.4, 0.5) is 17.1 Å². The highest BCUT2D eigenvalue weighted by Gasteiger charge is 2.44. The molecule has 0 atom stereocenters. The second kappa shape index (κ2) is 16.9. The Balaban J connectivity index is 0.956. The van der Waals surface area contributed by atoms with Crippen LogP contribution < -0.4 is 4.90 Å². The Hall–Kier alpha value is -8.20. The average Bonchev–Trinajstić information content (AvgIpc) is 3.90. The lowest BCUT2D eigenvalue weighted by atomic mass is 9.64. The van der Waals surface area contributed by atoms with Gasteiger partial charge in [-0.05, 0) is 141 Å². The maximum Gasteiger partial charge on any atom is 0.0701 e. The Labute approximate surface area is 400 Å². The molecule has 68 heavy (non-hydrogen) atoms. The van der Waals surface area contributed by atoms with Crippen LogP contribution in [0.3, 0.4) is 0 Å². The van der Waals surface area contributed by atoms with Crippen molar-refractivity contribution < 1.29 is 0 Å². The van der Waals surface area contributed by atoms with E-state index in [1.807, 2.05) is 0 Å². The van der Waals surface area contributed by atoms with E-state index in [-0.39, 0.29) is 5.41 Å². The third-order valence-corrected chi connectivity index (χ3v) is 15.0. The molecule has 10 aromatic carbocycles. The van der Waals surface area contributed by atoms with Crippen molar-refractivity contribution in [3.63, 3.8) is 0 Å². The number of aromatic nitrogens is 1. The summed E-state index contributed by atoms with van der Waals surface area (Å²) in [6, 6.07) is 94.1. The summed E-state index contributed by atoms with van der Waals surface area (Å²) in [5.41, 5.74) is 19.4. The van der Waals surface area contributed by atoms with Gasteiger partial charge in [0.15, 0.2) is 0 Å². The molecule has 1 aliphatic carbocycles. The molecule has 1 heterocycles. The van der Waals surface area contributed by atoms with Gasteiger partial charge < -0.3 is 9.47 Å². The zero-order chi connectivity index (χ0) is 45.7. The molecule has 0 radical (unpaired) electrons. The van der Waals surface area contributed by atoms with Gasteiger partial charge >= 0.3 is 0 Å². The van der Waals surface area contributed by atoms with Gasteiger partial charge in [-0.3, -0.25) is 0 Å². The standard InChI is InChI=1S/C66H52N2/c1-3-65(4-2)61-45-48(34-41-57(61)58-42-36-52(46-62(58)65)66(49-22-10-5-11-23-49,50-24-12-6-13-25-50)51-26-14-7-15-27-51)47-35-43-64-60(44-47)59-32-20-21-33-63(59)68(64)56-39-37-55(38-40-56)67(53-28-16-8-17-29-53)54-30-18-9-19-31-54/h5-46H,3-4H2,1-2H3. The van der Waals surface area contributed by atoms with Crippen LogP contribution in [0.15, 0.2) is 255 Å². The van der Waals surface area contributed by atoms with Gasteiger partial charge in [-0.1, -0.05) is 196 Å². The first-order valence-corrected chi connectivity index (χ1v) is 24.1. The molecule has 0 saturated heterocycles. The Bertz CT molecular complexity index is 3420. The first-order valence-electron chi connectivity index (χ1n) is 24.1. The van der Waals surface area contributed by atoms with E-state index in [2.05, 4.69) is 278 Å². The van der Waals surface area contributed by atoms with Crippen molar-refractivity contribution in [2.24, 2.45) is 0 Å². The number of para-hydroxylation sites is 3. The van der Waals surface area contributed by atoms with Crippen molar-refractivity contribution in [3.8, 4) is 27.9 Å². The van der Waals surface area contributed by atoms with E-state index in [1.165, 1.54) is 77.4 Å². The second-order valence-corrected chi connectivity index (χ2v) is 18.3. The van der Waals surface area contributed by atoms with Gasteiger partial charge in [0.1, 0.15) is 0 Å². The largest absolute Gasteiger partial charge is 0.311 e. The predicted octanol–water partition coefficient (Wildman–Crippen LogP) is 17.4. The normalized spacial score (nSPS) is 12.8. The molecular formula is C66H52N2. The lowest BCUT2D eigenvalue weighted by Crippen LogP contribution is -2.32. The van der Waals surface area contributed by atoms with Gasteiger partial charge in [-0.2, -0.15) is 0 Å². The third-order valence-electron chi connectivity index (χ3n) is 15.0. The second-order valence-electron chi connectivity index (χ2n) is 18.3. The quantitative estimate of drug-likeness (QED) is 0.118. The van der Waals surface area contributed by atoms with Crippen LogP contribution in [0.2, 0.25) is 0 Å². The minimum atomic E-state index is -0.507. The molecule has 0 bridgehead atoms. The summed E-state index contributed by atoms with van der Waals surface area (Å²) in [7, 11) is 0. The van der Waals surface area contributed by atoms with Crippen LogP contribution in [-0.2, 0) is 10.8 Å². The van der Waals surface area contributed by atoms with Crippen molar-refractivity contribution in [3.05, 3.63) is 288 Å². The first kappa shape index (κ1) is 41.2. The fourth-order valence-electron chi connectivity index (χ4n) is 11.8. The van der Waals surface area contributed by atoms with Gasteiger partial charge in [0.25, 0.3) is 0 Å². The van der Waals surface area contributed by atoms with Crippen molar-refractivity contribution in [2.45, 2.75) is 37.5 Å². The minimum Gasteiger partial charge on any atom is -0.311 e. The molecular weight excluding hydrogens is 821 g/mol. The number of fused-ring (bicyclic) bond motifs is 6. The average molecular weight is 873 g/mol. The lowest BCUT2D eigenvalue weighted by Gasteiger charge is -2.38. The number of hydrogen-bond acceptors (Lipinski definition) is 1. The van der Waals surface area contributed by atoms with Gasteiger partial charge in [-0.25, -0.2) is 0 Å². The van der Waals surface area contributed by atoms with Gasteiger partial charge in [0.05, 0.1) is 16.4 Å². The highest BCUT2D eigenvalue weighted by atomic mass is 15.1. The molecule has 0 unspecified atom stereocenters. The van der Waals surface area contributed by atoms with E-state index < -0.39 is 5.41 Å². The lowest BCUT2D eigenvalue weighted by molar-refractivity contribution is 0.489. The first-order chi connectivity index (χ1) is 33.6. The highest BCUT2D eigenvalue weighted by Crippen LogP contribution is 2.56. The summed E-state index contributed by atoms with van der Waals surface area (Å²) in [6.45, 7) is 4.77. The van der Waals surface area contributed by atoms with Crippen molar-refractivity contribution in [1.29, 1.82) is 0 Å². The van der Waals surface area contributed by atoms with E-state index >= 15 is 0 Å². The molecule has 0 spiro atoms. The Morgan fingerprint density at radius 1 is 0.368 bits per heavy atom. The molecule has 1 aromatic heterocycles. The Morgan fingerprint density at radius 3 is 1.37 bits per heavy atom. The fraction of sp³-hybridized carbons (Fsp3) is 0.0909. The summed E-state index contributed by atoms with van der Waals surface area (Å²) in [5, 5.41) is 2.50. The minimum absolute atomic E-state index is 0.143. The zero-order valence-corrected chi connectivity index (χ0v) is 38.6. The molecule has 0 fully saturated rings. The molecule has 0 N–H and O–H groups in total. The molecule has 0 aliphatic heterocycles. The van der Waals surface area contributed by atoms with Crippen molar-refractivity contribution in [2.75, 3.05) is 4.90 Å². The van der Waals surface area contributed by atoms with Gasteiger partial charge in [0.2, 0.25) is 0 Å². The molecule has 11 aromatic rings. The summed E-state index contributed by atoms with van der Waals surface area (Å²) in [4.78, 5) is 2.31. The Kier molecular flexibility index (Phi) is 10.3. The van der Waals surface area contributed by atoms with E-state index in [0.717, 1.165) is 35.6 Å². The molecule has 326 valence electrons. The SMILES string of the molecule is CCC1(CC)c2cc(-c3ccc4c(c3)c3ccccc3n4-c3ccc(N(c4ccccc4)c4ccccc4)cc3)ccc2-c2ccc(C(c3ccccc3)(c3ccccc3)c3ccccc3)cc21. The zero-order valence-electron chi connectivity index (χ0n) is 38.6. The van der Waals surface area contributed by atoms with E-state index in [1.54, 1.807) is 0 Å². The summed E-state index contributed by atoms with van der Waals surface area (Å²) in [6.07, 6.45) is 2.01. The number of rotatable bonds is 11. The smallest absolute Gasteiger partial charge is 0.0701 e. The van der Waals surface area contributed by atoms with E-state index in [4.69, 9.17) is 0 Å². The van der Waals surface area contributed by atoms with Crippen LogP contribution in [0.1, 0.15) is 60.1 Å². The number of hydrogen-bond donors (Lipinski definition) is 0.